The van der Waals surface area contributed by atoms with Gasteiger partial charge in [-0.15, -0.1) is 0 Å². The number of amides is 2. The van der Waals surface area contributed by atoms with E-state index in [1.165, 1.54) is 24.1 Å². The second-order valence-electron chi connectivity index (χ2n) is 11.6. The van der Waals surface area contributed by atoms with Gasteiger partial charge in [0.15, 0.2) is 0 Å². The number of benzene rings is 4. The first-order valence-electron chi connectivity index (χ1n) is 15.2. The Balaban J connectivity index is 1.84. The van der Waals surface area contributed by atoms with Crippen LogP contribution in [0.4, 0.5) is 5.69 Å². The van der Waals surface area contributed by atoms with E-state index in [0.717, 1.165) is 15.4 Å². The van der Waals surface area contributed by atoms with Gasteiger partial charge in [0.1, 0.15) is 18.3 Å². The molecule has 0 aliphatic heterocycles. The summed E-state index contributed by atoms with van der Waals surface area (Å²) in [6, 6.07) is 26.3. The first-order chi connectivity index (χ1) is 22.4. The number of nitrogens with zero attached hydrogens (tertiary/aromatic N) is 2. The van der Waals surface area contributed by atoms with Crippen LogP contribution in [0.3, 0.4) is 0 Å². The van der Waals surface area contributed by atoms with Crippen molar-refractivity contribution in [1.29, 1.82) is 0 Å². The van der Waals surface area contributed by atoms with Crippen molar-refractivity contribution >= 4 is 50.7 Å². The summed E-state index contributed by atoms with van der Waals surface area (Å²) in [5.41, 5.74) is 2.51. The molecule has 0 heterocycles. The van der Waals surface area contributed by atoms with Crippen molar-refractivity contribution in [3.05, 3.63) is 124 Å². The summed E-state index contributed by atoms with van der Waals surface area (Å²) < 4.78 is 35.1. The molecule has 0 spiro atoms. The number of methoxy groups -OCH3 is 1. The van der Waals surface area contributed by atoms with Crippen molar-refractivity contribution in [2.45, 2.75) is 44.7 Å². The van der Waals surface area contributed by atoms with Crippen molar-refractivity contribution in [3.63, 3.8) is 0 Å². The number of anilines is 1. The second-order valence-corrected chi connectivity index (χ2v) is 14.3. The number of carbonyl (C=O) groups is 2. The molecule has 1 unspecified atom stereocenters. The highest BCUT2D eigenvalue weighted by molar-refractivity contribution is 7.92. The number of para-hydroxylation sites is 2. The molecule has 8 nitrogen and oxygen atoms in total. The lowest BCUT2D eigenvalue weighted by molar-refractivity contribution is -0.140. The molecular formula is C36H39Cl2N3O5S. The highest BCUT2D eigenvalue weighted by Crippen LogP contribution is 2.33. The van der Waals surface area contributed by atoms with Gasteiger partial charge in [0.25, 0.3) is 10.0 Å². The van der Waals surface area contributed by atoms with Crippen molar-refractivity contribution in [2.24, 2.45) is 5.92 Å². The maximum Gasteiger partial charge on any atom is 0.264 e. The van der Waals surface area contributed by atoms with Crippen LogP contribution in [0.2, 0.25) is 10.0 Å². The molecule has 2 amide bonds. The normalized spacial score (nSPS) is 12.0. The SMILES string of the molecule is COc1ccccc1N(CC(=O)N(Cc1ccc(Cl)c(Cl)c1)C(Cc1ccccc1)C(=O)NCC(C)C)S(=O)(=O)c1ccc(C)cc1. The number of halogens is 2. The predicted octanol–water partition coefficient (Wildman–Crippen LogP) is 6.92. The van der Waals surface area contributed by atoms with Crippen LogP contribution in [0.1, 0.15) is 30.5 Å². The van der Waals surface area contributed by atoms with Gasteiger partial charge >= 0.3 is 0 Å². The molecule has 0 bridgehead atoms. The molecule has 47 heavy (non-hydrogen) atoms. The summed E-state index contributed by atoms with van der Waals surface area (Å²) in [6.07, 6.45) is 0.192. The van der Waals surface area contributed by atoms with E-state index in [4.69, 9.17) is 27.9 Å². The zero-order valence-electron chi connectivity index (χ0n) is 26.8. The van der Waals surface area contributed by atoms with Crippen LogP contribution in [-0.2, 0) is 32.6 Å². The highest BCUT2D eigenvalue weighted by Gasteiger charge is 2.35. The second kappa shape index (κ2) is 16.2. The maximum atomic E-state index is 14.6. The monoisotopic (exact) mass is 695 g/mol. The van der Waals surface area contributed by atoms with Gasteiger partial charge in [0.05, 0.1) is 27.7 Å². The lowest BCUT2D eigenvalue weighted by Crippen LogP contribution is -2.53. The average molecular weight is 697 g/mol. The minimum atomic E-state index is -4.28. The number of sulfonamides is 1. The van der Waals surface area contributed by atoms with Crippen LogP contribution in [0.25, 0.3) is 0 Å². The molecule has 4 aromatic rings. The highest BCUT2D eigenvalue weighted by atomic mass is 35.5. The number of aryl methyl sites for hydroxylation is 1. The van der Waals surface area contributed by atoms with Crippen molar-refractivity contribution in [3.8, 4) is 5.75 Å². The fourth-order valence-corrected chi connectivity index (χ4v) is 6.74. The summed E-state index contributed by atoms with van der Waals surface area (Å²) in [4.78, 5) is 30.0. The summed E-state index contributed by atoms with van der Waals surface area (Å²) in [5.74, 6) is -0.529. The smallest absolute Gasteiger partial charge is 0.264 e. The fraction of sp³-hybridized carbons (Fsp3) is 0.278. The van der Waals surface area contributed by atoms with Gasteiger partial charge in [0, 0.05) is 19.5 Å². The van der Waals surface area contributed by atoms with Gasteiger partial charge in [-0.25, -0.2) is 8.42 Å². The summed E-state index contributed by atoms with van der Waals surface area (Å²) in [7, 11) is -2.84. The van der Waals surface area contributed by atoms with E-state index in [9.17, 15) is 18.0 Å². The van der Waals surface area contributed by atoms with E-state index in [1.807, 2.05) is 51.1 Å². The van der Waals surface area contributed by atoms with Crippen LogP contribution < -0.4 is 14.4 Å². The molecule has 248 valence electrons. The quantitative estimate of drug-likeness (QED) is 0.155. The Hall–Kier alpha value is -4.05. The summed E-state index contributed by atoms with van der Waals surface area (Å²) >= 11 is 12.5. The number of hydrogen-bond acceptors (Lipinski definition) is 5. The summed E-state index contributed by atoms with van der Waals surface area (Å²) in [6.45, 7) is 5.57. The van der Waals surface area contributed by atoms with Gasteiger partial charge in [-0.05, 0) is 60.4 Å². The van der Waals surface area contributed by atoms with Gasteiger partial charge in [-0.2, -0.15) is 0 Å². The first kappa shape index (κ1) is 35.8. The topological polar surface area (TPSA) is 96.0 Å². The van der Waals surface area contributed by atoms with E-state index in [-0.39, 0.29) is 46.1 Å². The largest absolute Gasteiger partial charge is 0.495 e. The summed E-state index contributed by atoms with van der Waals surface area (Å²) in [5, 5.41) is 3.61. The molecule has 1 atom stereocenters. The van der Waals surface area contributed by atoms with Gasteiger partial charge in [-0.1, -0.05) is 103 Å². The van der Waals surface area contributed by atoms with Crippen LogP contribution in [-0.4, -0.2) is 51.4 Å². The Bertz CT molecular complexity index is 1780. The molecule has 4 aromatic carbocycles. The van der Waals surface area contributed by atoms with Gasteiger partial charge < -0.3 is 15.0 Å². The molecular weight excluding hydrogens is 657 g/mol. The Kier molecular flexibility index (Phi) is 12.3. The molecule has 0 aliphatic rings. The Morgan fingerprint density at radius 1 is 0.851 bits per heavy atom. The molecule has 1 N–H and O–H groups in total. The molecule has 0 fully saturated rings. The Morgan fingerprint density at radius 2 is 1.51 bits per heavy atom. The first-order valence-corrected chi connectivity index (χ1v) is 17.4. The average Bonchev–Trinajstić information content (AvgIpc) is 3.06. The zero-order chi connectivity index (χ0) is 34.1. The van der Waals surface area contributed by atoms with Crippen LogP contribution in [0.15, 0.2) is 102 Å². The number of carbonyl (C=O) groups excluding carboxylic acids is 2. The van der Waals surface area contributed by atoms with Crippen molar-refractivity contribution in [2.75, 3.05) is 24.5 Å². The van der Waals surface area contributed by atoms with Gasteiger partial charge in [-0.3, -0.25) is 13.9 Å². The molecule has 0 saturated carbocycles. The molecule has 0 aliphatic carbocycles. The van der Waals surface area contributed by atoms with Crippen LogP contribution in [0.5, 0.6) is 5.75 Å². The third-order valence-corrected chi connectivity index (χ3v) is 10.0. The zero-order valence-corrected chi connectivity index (χ0v) is 29.1. The minimum absolute atomic E-state index is 0.00773. The predicted molar refractivity (Wildman–Crippen MR) is 187 cm³/mol. The third kappa shape index (κ3) is 9.28. The van der Waals surface area contributed by atoms with E-state index < -0.39 is 28.5 Å². The third-order valence-electron chi connectivity index (χ3n) is 7.53. The van der Waals surface area contributed by atoms with E-state index >= 15 is 0 Å². The molecule has 0 aromatic heterocycles. The number of rotatable bonds is 14. The fourth-order valence-electron chi connectivity index (χ4n) is 5.00. The molecule has 0 saturated heterocycles. The Morgan fingerprint density at radius 3 is 2.15 bits per heavy atom. The van der Waals surface area contributed by atoms with E-state index in [2.05, 4.69) is 5.32 Å². The minimum Gasteiger partial charge on any atom is -0.495 e. The van der Waals surface area contributed by atoms with Gasteiger partial charge in [0.2, 0.25) is 11.8 Å². The molecule has 4 rings (SSSR count). The standard InChI is InChI=1S/C36H39Cl2N3O5S/c1-25(2)22-39-36(43)33(21-27-10-6-5-7-11-27)40(23-28-16-19-30(37)31(38)20-28)35(42)24-41(32-12-8-9-13-34(32)46-4)47(44,45)29-17-14-26(3)15-18-29/h5-20,25,33H,21-24H2,1-4H3,(H,39,43). The van der Waals surface area contributed by atoms with Crippen molar-refractivity contribution < 1.29 is 22.7 Å². The van der Waals surface area contributed by atoms with E-state index in [0.29, 0.717) is 17.1 Å². The lowest BCUT2D eigenvalue weighted by atomic mass is 10.0. The number of ether oxygens (including phenoxy) is 1. The number of nitrogens with one attached hydrogen (secondary N) is 1. The lowest BCUT2D eigenvalue weighted by Gasteiger charge is -2.34. The van der Waals surface area contributed by atoms with Crippen molar-refractivity contribution in [1.82, 2.24) is 10.2 Å². The number of hydrogen-bond donors (Lipinski definition) is 1. The maximum absolute atomic E-state index is 14.6. The van der Waals surface area contributed by atoms with Crippen LogP contribution in [0, 0.1) is 12.8 Å². The van der Waals surface area contributed by atoms with E-state index in [1.54, 1.807) is 54.6 Å². The Labute approximate surface area is 287 Å². The van der Waals surface area contributed by atoms with Crippen LogP contribution >= 0.6 is 23.2 Å². The molecule has 11 heteroatoms. The molecule has 0 radical (unpaired) electrons.